The number of anilines is 1. The van der Waals surface area contributed by atoms with E-state index >= 15 is 0 Å². The molecular weight excluding hydrogens is 258 g/mol. The number of nitrogens with two attached hydrogens (primary N) is 1. The Labute approximate surface area is 106 Å². The number of rotatable bonds is 2. The van der Waals surface area contributed by atoms with Crippen LogP contribution < -0.4 is 15.2 Å². The molecule has 0 fully saturated rings. The molecule has 0 aliphatic carbocycles. The third-order valence-electron chi connectivity index (χ3n) is 2.21. The molecule has 2 N–H and O–H groups in total. The van der Waals surface area contributed by atoms with Crippen LogP contribution >= 0.6 is 23.3 Å². The maximum atomic E-state index is 5.96. The van der Waals surface area contributed by atoms with Gasteiger partial charge in [-0.1, -0.05) is 11.8 Å². The molecule has 88 valence electrons. The highest BCUT2D eigenvalue weighted by atomic mass is 32.2. The van der Waals surface area contributed by atoms with E-state index in [0.29, 0.717) is 24.7 Å². The number of hydrogen-bond donors (Lipinski definition) is 1. The van der Waals surface area contributed by atoms with Gasteiger partial charge in [-0.05, 0) is 11.5 Å². The van der Waals surface area contributed by atoms with E-state index in [2.05, 4.69) is 9.36 Å². The lowest BCUT2D eigenvalue weighted by atomic mass is 10.2. The number of benzene rings is 1. The van der Waals surface area contributed by atoms with Gasteiger partial charge in [0, 0.05) is 22.7 Å². The molecular formula is C10H9N3O2S2. The van der Waals surface area contributed by atoms with Crippen molar-refractivity contribution in [1.82, 2.24) is 9.36 Å². The van der Waals surface area contributed by atoms with Crippen LogP contribution in [-0.4, -0.2) is 22.6 Å². The van der Waals surface area contributed by atoms with Crippen molar-refractivity contribution < 1.29 is 9.47 Å². The summed E-state index contributed by atoms with van der Waals surface area (Å²) in [6.45, 7) is 1.13. The van der Waals surface area contributed by atoms with Crippen LogP contribution in [0.5, 0.6) is 11.5 Å². The second-order valence-corrected chi connectivity index (χ2v) is 5.41. The average Bonchev–Trinajstić information content (AvgIpc) is 2.83. The molecule has 0 saturated carbocycles. The van der Waals surface area contributed by atoms with Crippen LogP contribution in [0, 0.1) is 0 Å². The smallest absolute Gasteiger partial charge is 0.174 e. The Bertz CT molecular complexity index is 531. The number of ether oxygens (including phenoxy) is 2. The van der Waals surface area contributed by atoms with Crippen LogP contribution in [0.2, 0.25) is 0 Å². The van der Waals surface area contributed by atoms with Gasteiger partial charge in [-0.2, -0.15) is 4.37 Å². The van der Waals surface area contributed by atoms with Gasteiger partial charge < -0.3 is 15.2 Å². The molecule has 7 heteroatoms. The van der Waals surface area contributed by atoms with E-state index in [0.717, 1.165) is 15.0 Å². The first-order valence-corrected chi connectivity index (χ1v) is 6.55. The van der Waals surface area contributed by atoms with Crippen LogP contribution in [0.25, 0.3) is 0 Å². The first-order valence-electron chi connectivity index (χ1n) is 4.96. The maximum Gasteiger partial charge on any atom is 0.174 e. The molecule has 2 heterocycles. The molecule has 1 aliphatic rings. The van der Waals surface area contributed by atoms with Crippen molar-refractivity contribution in [3.63, 3.8) is 0 Å². The minimum Gasteiger partial charge on any atom is -0.486 e. The summed E-state index contributed by atoms with van der Waals surface area (Å²) >= 11 is 2.82. The van der Waals surface area contributed by atoms with E-state index in [9.17, 15) is 0 Å². The molecule has 0 bridgehead atoms. The van der Waals surface area contributed by atoms with Gasteiger partial charge in [-0.3, -0.25) is 0 Å². The minimum absolute atomic E-state index is 0.565. The predicted molar refractivity (Wildman–Crippen MR) is 65.9 cm³/mol. The fourth-order valence-corrected chi connectivity index (χ4v) is 2.93. The Morgan fingerprint density at radius 2 is 2.00 bits per heavy atom. The van der Waals surface area contributed by atoms with Crippen LogP contribution in [0.3, 0.4) is 0 Å². The van der Waals surface area contributed by atoms with E-state index in [-0.39, 0.29) is 0 Å². The van der Waals surface area contributed by atoms with Crippen molar-refractivity contribution in [2.45, 2.75) is 9.24 Å². The summed E-state index contributed by atoms with van der Waals surface area (Å²) in [5.41, 5.74) is 6.62. The van der Waals surface area contributed by atoms with E-state index in [1.165, 1.54) is 29.6 Å². The summed E-state index contributed by atoms with van der Waals surface area (Å²) in [6, 6.07) is 3.67. The van der Waals surface area contributed by atoms with E-state index in [1.54, 1.807) is 6.07 Å². The predicted octanol–water partition coefficient (Wildman–Crippen LogP) is 2.04. The highest BCUT2D eigenvalue weighted by Crippen LogP contribution is 2.41. The number of aromatic nitrogens is 2. The summed E-state index contributed by atoms with van der Waals surface area (Å²) in [5, 5.41) is 0. The zero-order valence-electron chi connectivity index (χ0n) is 8.75. The zero-order chi connectivity index (χ0) is 11.7. The molecule has 17 heavy (non-hydrogen) atoms. The topological polar surface area (TPSA) is 70.3 Å². The SMILES string of the molecule is Nc1cc2c(cc1Sc1ncns1)OCCO2. The van der Waals surface area contributed by atoms with Crippen LogP contribution in [-0.2, 0) is 0 Å². The molecule has 0 amide bonds. The third-order valence-corrected chi connectivity index (χ3v) is 4.00. The summed E-state index contributed by atoms with van der Waals surface area (Å²) in [5.74, 6) is 1.44. The van der Waals surface area contributed by atoms with Gasteiger partial charge in [0.15, 0.2) is 15.8 Å². The Balaban J connectivity index is 1.94. The third kappa shape index (κ3) is 2.16. The summed E-state index contributed by atoms with van der Waals surface area (Å²) in [4.78, 5) is 5.02. The first kappa shape index (κ1) is 10.7. The Hall–Kier alpha value is -1.47. The molecule has 1 aromatic heterocycles. The monoisotopic (exact) mass is 267 g/mol. The normalized spacial score (nSPS) is 13.6. The zero-order valence-corrected chi connectivity index (χ0v) is 10.4. The lowest BCUT2D eigenvalue weighted by molar-refractivity contribution is 0.171. The molecule has 0 atom stereocenters. The Morgan fingerprint density at radius 1 is 1.24 bits per heavy atom. The van der Waals surface area contributed by atoms with Crippen LogP contribution in [0.4, 0.5) is 5.69 Å². The lowest BCUT2D eigenvalue weighted by Gasteiger charge is -2.19. The fraction of sp³-hybridized carbons (Fsp3) is 0.200. The average molecular weight is 267 g/mol. The second kappa shape index (κ2) is 4.42. The molecule has 0 saturated heterocycles. The van der Waals surface area contributed by atoms with Gasteiger partial charge in [-0.15, -0.1) is 0 Å². The number of hydrogen-bond acceptors (Lipinski definition) is 7. The Kier molecular flexibility index (Phi) is 2.77. The fourth-order valence-electron chi connectivity index (χ4n) is 1.48. The lowest BCUT2D eigenvalue weighted by Crippen LogP contribution is -2.15. The summed E-state index contributed by atoms with van der Waals surface area (Å²) in [7, 11) is 0. The van der Waals surface area contributed by atoms with Crippen molar-refractivity contribution in [3.8, 4) is 11.5 Å². The largest absolute Gasteiger partial charge is 0.486 e. The highest BCUT2D eigenvalue weighted by molar-refractivity contribution is 8.01. The van der Waals surface area contributed by atoms with Gasteiger partial charge in [-0.25, -0.2) is 4.98 Å². The van der Waals surface area contributed by atoms with E-state index < -0.39 is 0 Å². The van der Waals surface area contributed by atoms with E-state index in [4.69, 9.17) is 15.2 Å². The van der Waals surface area contributed by atoms with Crippen molar-refractivity contribution in [2.24, 2.45) is 0 Å². The molecule has 3 rings (SSSR count). The molecule has 0 unspecified atom stereocenters. The van der Waals surface area contributed by atoms with E-state index in [1.807, 2.05) is 6.07 Å². The quantitative estimate of drug-likeness (QED) is 0.840. The van der Waals surface area contributed by atoms with Gasteiger partial charge in [0.05, 0.1) is 0 Å². The highest BCUT2D eigenvalue weighted by Gasteiger charge is 2.15. The number of nitrogen functional groups attached to an aromatic ring is 1. The van der Waals surface area contributed by atoms with Gasteiger partial charge in [0.25, 0.3) is 0 Å². The summed E-state index contributed by atoms with van der Waals surface area (Å²) in [6.07, 6.45) is 1.53. The molecule has 2 aromatic rings. The molecule has 0 spiro atoms. The van der Waals surface area contributed by atoms with Crippen LogP contribution in [0.15, 0.2) is 27.7 Å². The van der Waals surface area contributed by atoms with Crippen molar-refractivity contribution in [1.29, 1.82) is 0 Å². The summed E-state index contributed by atoms with van der Waals surface area (Å²) < 4.78 is 15.8. The van der Waals surface area contributed by atoms with Crippen LogP contribution in [0.1, 0.15) is 0 Å². The maximum absolute atomic E-state index is 5.96. The van der Waals surface area contributed by atoms with Gasteiger partial charge >= 0.3 is 0 Å². The molecule has 1 aliphatic heterocycles. The molecule has 5 nitrogen and oxygen atoms in total. The van der Waals surface area contributed by atoms with Crippen molar-refractivity contribution in [2.75, 3.05) is 18.9 Å². The number of nitrogens with zero attached hydrogens (tertiary/aromatic N) is 2. The standard InChI is InChI=1S/C10H9N3O2S2/c11-6-3-7-8(15-2-1-14-7)4-9(6)16-10-12-5-13-17-10/h3-5H,1-2,11H2. The van der Waals surface area contributed by atoms with Crippen molar-refractivity contribution >= 4 is 29.0 Å². The van der Waals surface area contributed by atoms with Crippen molar-refractivity contribution in [3.05, 3.63) is 18.5 Å². The molecule has 0 radical (unpaired) electrons. The van der Waals surface area contributed by atoms with Gasteiger partial charge in [0.2, 0.25) is 0 Å². The molecule has 1 aromatic carbocycles. The Morgan fingerprint density at radius 3 is 2.71 bits per heavy atom. The minimum atomic E-state index is 0.565. The first-order chi connectivity index (χ1) is 8.33. The number of fused-ring (bicyclic) bond motifs is 1. The second-order valence-electron chi connectivity index (χ2n) is 3.34. The van der Waals surface area contributed by atoms with Gasteiger partial charge in [0.1, 0.15) is 19.5 Å².